The molecule has 0 bridgehead atoms. The Balaban J connectivity index is 1.07. The van der Waals surface area contributed by atoms with Crippen molar-refractivity contribution in [1.29, 1.82) is 0 Å². The largest absolute Gasteiger partial charge is 0.370 e. The van der Waals surface area contributed by atoms with Crippen LogP contribution >= 0.6 is 0 Å². The van der Waals surface area contributed by atoms with Crippen molar-refractivity contribution in [2.75, 3.05) is 74.9 Å². The minimum Gasteiger partial charge on any atom is -0.370 e. The van der Waals surface area contributed by atoms with Crippen molar-refractivity contribution >= 4 is 29.2 Å². The van der Waals surface area contributed by atoms with Crippen molar-refractivity contribution in [3.8, 4) is 0 Å². The third-order valence-electron chi connectivity index (χ3n) is 8.36. The summed E-state index contributed by atoms with van der Waals surface area (Å²) in [6, 6.07) is 7.47. The van der Waals surface area contributed by atoms with Crippen LogP contribution in [0.15, 0.2) is 24.4 Å². The Morgan fingerprint density at radius 2 is 1.92 bits per heavy atom. The molecule has 4 fully saturated rings. The van der Waals surface area contributed by atoms with Gasteiger partial charge >= 0.3 is 6.03 Å². The van der Waals surface area contributed by atoms with Gasteiger partial charge in [-0.1, -0.05) is 0 Å². The highest BCUT2D eigenvalue weighted by Crippen LogP contribution is 2.45. The number of piperazine rings is 1. The lowest BCUT2D eigenvalue weighted by atomic mass is 10.1. The highest BCUT2D eigenvalue weighted by atomic mass is 16.2. The summed E-state index contributed by atoms with van der Waals surface area (Å²) < 4.78 is 0. The topological polar surface area (TPSA) is 79.9 Å². The third kappa shape index (κ3) is 5.32. The molecule has 4 heterocycles. The first kappa shape index (κ1) is 24.3. The molecule has 1 atom stereocenters. The van der Waals surface area contributed by atoms with Gasteiger partial charge in [0, 0.05) is 75.5 Å². The number of carbonyl (C=O) groups excluding carboxylic acids is 1. The van der Waals surface area contributed by atoms with E-state index in [0.29, 0.717) is 17.9 Å². The van der Waals surface area contributed by atoms with Crippen LogP contribution < -0.4 is 15.5 Å². The number of nitrogens with one attached hydrogen (secondary N) is 2. The highest BCUT2D eigenvalue weighted by Gasteiger charge is 2.39. The van der Waals surface area contributed by atoms with Crippen molar-refractivity contribution < 1.29 is 4.79 Å². The monoisotopic (exact) mass is 504 g/mol. The molecule has 198 valence electrons. The number of nitrogens with zero attached hydrogens (tertiary/aromatic N) is 6. The molecule has 0 radical (unpaired) electrons. The van der Waals surface area contributed by atoms with Gasteiger partial charge in [-0.15, -0.1) is 0 Å². The zero-order chi connectivity index (χ0) is 25.4. The fourth-order valence-electron chi connectivity index (χ4n) is 5.91. The second-order valence-corrected chi connectivity index (χ2v) is 11.2. The lowest BCUT2D eigenvalue weighted by molar-refractivity contribution is 0.193. The van der Waals surface area contributed by atoms with Crippen molar-refractivity contribution in [2.24, 2.45) is 0 Å². The lowest BCUT2D eigenvalue weighted by Gasteiger charge is -2.34. The van der Waals surface area contributed by atoms with Gasteiger partial charge in [0.1, 0.15) is 5.82 Å². The van der Waals surface area contributed by atoms with E-state index < -0.39 is 0 Å². The normalized spacial score (nSPS) is 22.1. The minimum atomic E-state index is 0.220. The molecule has 6 rings (SSSR count). The summed E-state index contributed by atoms with van der Waals surface area (Å²) in [5.41, 5.74) is 4.84. The van der Waals surface area contributed by atoms with Crippen LogP contribution in [-0.2, 0) is 0 Å². The van der Waals surface area contributed by atoms with Gasteiger partial charge in [-0.3, -0.25) is 0 Å². The summed E-state index contributed by atoms with van der Waals surface area (Å²) in [7, 11) is 2.20. The number of urea groups is 1. The Labute approximate surface area is 220 Å². The third-order valence-corrected chi connectivity index (χ3v) is 8.36. The van der Waals surface area contributed by atoms with E-state index in [1.54, 1.807) is 0 Å². The molecule has 1 aliphatic carbocycles. The number of carbonyl (C=O) groups is 1. The first-order valence-corrected chi connectivity index (χ1v) is 14.0. The quantitative estimate of drug-likeness (QED) is 0.502. The smallest absolute Gasteiger partial charge is 0.320 e. The number of rotatable bonds is 9. The zero-order valence-corrected chi connectivity index (χ0v) is 22.2. The summed E-state index contributed by atoms with van der Waals surface area (Å²) in [4.78, 5) is 30.9. The SMILES string of the molecule is Cc1cnc(Nc2ccc(N3CCN(C)CC3)cc2C2CC2)nc1NCCCN1C[C@@H]2CCCN2C1=O. The Morgan fingerprint density at radius 3 is 2.70 bits per heavy atom. The molecule has 1 aromatic heterocycles. The van der Waals surface area contributed by atoms with Gasteiger partial charge in [0.05, 0.1) is 6.04 Å². The fraction of sp³-hybridized carbons (Fsp3) is 0.607. The zero-order valence-electron chi connectivity index (χ0n) is 22.2. The number of anilines is 4. The van der Waals surface area contributed by atoms with Crippen molar-refractivity contribution in [1.82, 2.24) is 24.7 Å². The average Bonchev–Trinajstić information content (AvgIpc) is 3.57. The van der Waals surface area contributed by atoms with Gasteiger partial charge < -0.3 is 30.2 Å². The fourth-order valence-corrected chi connectivity index (χ4v) is 5.91. The number of likely N-dealkylation sites (N-methyl/N-ethyl adjacent to an activating group) is 1. The second-order valence-electron chi connectivity index (χ2n) is 11.2. The molecule has 1 saturated carbocycles. The Bertz CT molecular complexity index is 1130. The first-order valence-electron chi connectivity index (χ1n) is 14.0. The van der Waals surface area contributed by atoms with Gasteiger partial charge in [-0.25, -0.2) is 9.78 Å². The molecule has 2 aromatic rings. The number of hydrogen-bond donors (Lipinski definition) is 2. The molecule has 9 heteroatoms. The molecule has 0 spiro atoms. The molecular formula is C28H40N8O. The Morgan fingerprint density at radius 1 is 1.08 bits per heavy atom. The first-order chi connectivity index (χ1) is 18.0. The molecule has 2 amide bonds. The van der Waals surface area contributed by atoms with E-state index in [-0.39, 0.29) is 6.03 Å². The number of benzene rings is 1. The summed E-state index contributed by atoms with van der Waals surface area (Å²) >= 11 is 0. The van der Waals surface area contributed by atoms with Crippen molar-refractivity contribution in [2.45, 2.75) is 51.0 Å². The molecule has 3 saturated heterocycles. The molecule has 9 nitrogen and oxygen atoms in total. The van der Waals surface area contributed by atoms with Crippen LogP contribution in [0.3, 0.4) is 0 Å². The van der Waals surface area contributed by atoms with Crippen LogP contribution in [0.2, 0.25) is 0 Å². The van der Waals surface area contributed by atoms with Gasteiger partial charge in [-0.2, -0.15) is 4.98 Å². The maximum Gasteiger partial charge on any atom is 0.320 e. The average molecular weight is 505 g/mol. The van der Waals surface area contributed by atoms with Gasteiger partial charge in [0.2, 0.25) is 5.95 Å². The van der Waals surface area contributed by atoms with Crippen LogP contribution in [0, 0.1) is 6.92 Å². The Kier molecular flexibility index (Phi) is 6.80. The molecule has 0 unspecified atom stereocenters. The Hall–Kier alpha value is -3.07. The number of aromatic nitrogens is 2. The second kappa shape index (κ2) is 10.4. The van der Waals surface area contributed by atoms with E-state index in [1.807, 2.05) is 22.9 Å². The summed E-state index contributed by atoms with van der Waals surface area (Å²) in [5, 5.41) is 7.00. The van der Waals surface area contributed by atoms with Crippen molar-refractivity contribution in [3.05, 3.63) is 35.5 Å². The number of hydrogen-bond acceptors (Lipinski definition) is 7. The summed E-state index contributed by atoms with van der Waals surface area (Å²) in [6.45, 7) is 9.79. The lowest BCUT2D eigenvalue weighted by Crippen LogP contribution is -2.44. The summed E-state index contributed by atoms with van der Waals surface area (Å²) in [5.74, 6) is 2.10. The molecule has 3 aliphatic heterocycles. The van der Waals surface area contributed by atoms with E-state index in [2.05, 4.69) is 50.7 Å². The van der Waals surface area contributed by atoms with E-state index in [4.69, 9.17) is 4.98 Å². The van der Waals surface area contributed by atoms with Gasteiger partial charge in [0.15, 0.2) is 0 Å². The van der Waals surface area contributed by atoms with Crippen LogP contribution in [-0.4, -0.2) is 96.1 Å². The number of amides is 2. The standard InChI is InChI=1S/C28H40N8O/c1-20-18-30-27(32-26(20)29-10-4-11-35-19-23-5-3-12-36(23)28(35)37)31-25-9-8-22(17-24(25)21-6-7-21)34-15-13-33(2)14-16-34/h8-9,17-18,21,23H,3-7,10-16,19H2,1-2H3,(H2,29,30,31,32)/t23-/m0/s1. The summed E-state index contributed by atoms with van der Waals surface area (Å²) in [6.07, 6.45) is 7.58. The molecular weight excluding hydrogens is 464 g/mol. The predicted octanol–water partition coefficient (Wildman–Crippen LogP) is 3.86. The molecule has 4 aliphatic rings. The van der Waals surface area contributed by atoms with E-state index >= 15 is 0 Å². The highest BCUT2D eigenvalue weighted by molar-refractivity contribution is 5.77. The van der Waals surface area contributed by atoms with Crippen LogP contribution in [0.1, 0.15) is 49.1 Å². The van der Waals surface area contributed by atoms with Gasteiger partial charge in [-0.05, 0) is 75.8 Å². The van der Waals surface area contributed by atoms with Crippen LogP contribution in [0.5, 0.6) is 0 Å². The van der Waals surface area contributed by atoms with Crippen LogP contribution in [0.4, 0.5) is 27.9 Å². The maximum absolute atomic E-state index is 12.5. The van der Waals surface area contributed by atoms with E-state index in [0.717, 1.165) is 88.7 Å². The van der Waals surface area contributed by atoms with E-state index in [1.165, 1.54) is 24.1 Å². The van der Waals surface area contributed by atoms with Gasteiger partial charge in [0.25, 0.3) is 0 Å². The molecule has 37 heavy (non-hydrogen) atoms. The number of fused-ring (bicyclic) bond motifs is 1. The molecule has 1 aromatic carbocycles. The van der Waals surface area contributed by atoms with Crippen molar-refractivity contribution in [3.63, 3.8) is 0 Å². The minimum absolute atomic E-state index is 0.220. The number of aryl methyl sites for hydroxylation is 1. The predicted molar refractivity (Wildman–Crippen MR) is 148 cm³/mol. The maximum atomic E-state index is 12.5. The van der Waals surface area contributed by atoms with E-state index in [9.17, 15) is 4.79 Å². The molecule has 2 N–H and O–H groups in total. The van der Waals surface area contributed by atoms with Crippen LogP contribution in [0.25, 0.3) is 0 Å².